The van der Waals surface area contributed by atoms with Crippen molar-refractivity contribution in [2.24, 2.45) is 5.92 Å². The van der Waals surface area contributed by atoms with Crippen LogP contribution in [0.5, 0.6) is 0 Å². The number of aromatic nitrogens is 1. The van der Waals surface area contributed by atoms with E-state index < -0.39 is 0 Å². The first-order valence-corrected chi connectivity index (χ1v) is 5.18. The van der Waals surface area contributed by atoms with Gasteiger partial charge in [0, 0.05) is 18.5 Å². The SMILES string of the molecule is N#CCC[C@@H]1CCc2cccnc2C1=O. The van der Waals surface area contributed by atoms with Gasteiger partial charge in [-0.2, -0.15) is 5.26 Å². The van der Waals surface area contributed by atoms with Gasteiger partial charge < -0.3 is 0 Å². The molecule has 0 saturated heterocycles. The zero-order chi connectivity index (χ0) is 10.7. The molecule has 15 heavy (non-hydrogen) atoms. The number of carbonyl (C=O) groups excluding carboxylic acids is 1. The fourth-order valence-electron chi connectivity index (χ4n) is 2.03. The van der Waals surface area contributed by atoms with E-state index in [9.17, 15) is 4.79 Å². The molecule has 1 aromatic heterocycles. The van der Waals surface area contributed by atoms with Crippen LogP contribution in [0.4, 0.5) is 0 Å². The molecule has 0 unspecified atom stereocenters. The number of rotatable bonds is 2. The van der Waals surface area contributed by atoms with E-state index in [2.05, 4.69) is 11.1 Å². The molecule has 1 heterocycles. The molecule has 2 rings (SSSR count). The average molecular weight is 200 g/mol. The summed E-state index contributed by atoms with van der Waals surface area (Å²) in [6, 6.07) is 5.91. The van der Waals surface area contributed by atoms with Gasteiger partial charge in [0.15, 0.2) is 5.78 Å². The summed E-state index contributed by atoms with van der Waals surface area (Å²) in [5, 5.41) is 8.50. The highest BCUT2D eigenvalue weighted by Gasteiger charge is 2.27. The molecule has 0 N–H and O–H groups in total. The van der Waals surface area contributed by atoms with Gasteiger partial charge in [0.05, 0.1) is 6.07 Å². The first-order valence-electron chi connectivity index (χ1n) is 5.18. The van der Waals surface area contributed by atoms with Crippen LogP contribution >= 0.6 is 0 Å². The third kappa shape index (κ3) is 1.89. The van der Waals surface area contributed by atoms with E-state index in [0.29, 0.717) is 18.5 Å². The Kier molecular flexibility index (Phi) is 2.77. The maximum absolute atomic E-state index is 12.0. The Morgan fingerprint density at radius 1 is 1.60 bits per heavy atom. The summed E-state index contributed by atoms with van der Waals surface area (Å²) in [6.45, 7) is 0. The summed E-state index contributed by atoms with van der Waals surface area (Å²) in [6.07, 6.45) is 4.55. The summed E-state index contributed by atoms with van der Waals surface area (Å²) in [5.74, 6) is 0.124. The van der Waals surface area contributed by atoms with Crippen molar-refractivity contribution in [1.29, 1.82) is 5.26 Å². The van der Waals surface area contributed by atoms with Crippen molar-refractivity contribution < 1.29 is 4.79 Å². The first-order chi connectivity index (χ1) is 7.33. The topological polar surface area (TPSA) is 53.8 Å². The number of ketones is 1. The fraction of sp³-hybridized carbons (Fsp3) is 0.417. The van der Waals surface area contributed by atoms with Crippen molar-refractivity contribution in [3.63, 3.8) is 0 Å². The Hall–Kier alpha value is -1.69. The number of hydrogen-bond acceptors (Lipinski definition) is 3. The second kappa shape index (κ2) is 4.22. The molecule has 0 amide bonds. The van der Waals surface area contributed by atoms with Crippen LogP contribution in [0.2, 0.25) is 0 Å². The third-order valence-corrected chi connectivity index (χ3v) is 2.86. The largest absolute Gasteiger partial charge is 0.292 e. The molecular weight excluding hydrogens is 188 g/mol. The lowest BCUT2D eigenvalue weighted by atomic mass is 9.83. The molecule has 1 aromatic rings. The van der Waals surface area contributed by atoms with E-state index in [0.717, 1.165) is 18.4 Å². The molecule has 1 aliphatic rings. The van der Waals surface area contributed by atoms with Crippen molar-refractivity contribution in [3.05, 3.63) is 29.6 Å². The third-order valence-electron chi connectivity index (χ3n) is 2.86. The molecular formula is C12H12N2O. The van der Waals surface area contributed by atoms with Crippen LogP contribution in [0.3, 0.4) is 0 Å². The van der Waals surface area contributed by atoms with Gasteiger partial charge in [0.25, 0.3) is 0 Å². The lowest BCUT2D eigenvalue weighted by Crippen LogP contribution is -2.23. The van der Waals surface area contributed by atoms with E-state index in [-0.39, 0.29) is 11.7 Å². The minimum Gasteiger partial charge on any atom is -0.292 e. The molecule has 0 fully saturated rings. The smallest absolute Gasteiger partial charge is 0.184 e. The van der Waals surface area contributed by atoms with Crippen molar-refractivity contribution in [1.82, 2.24) is 4.98 Å². The monoisotopic (exact) mass is 200 g/mol. The Labute approximate surface area is 88.8 Å². The summed E-state index contributed by atoms with van der Waals surface area (Å²) in [7, 11) is 0. The van der Waals surface area contributed by atoms with Gasteiger partial charge in [0.1, 0.15) is 5.69 Å². The first kappa shape index (κ1) is 9.85. The lowest BCUT2D eigenvalue weighted by Gasteiger charge is -2.21. The molecule has 1 atom stereocenters. The Morgan fingerprint density at radius 2 is 2.47 bits per heavy atom. The number of pyridine rings is 1. The highest BCUT2D eigenvalue weighted by atomic mass is 16.1. The quantitative estimate of drug-likeness (QED) is 0.734. The fourth-order valence-corrected chi connectivity index (χ4v) is 2.03. The predicted molar refractivity (Wildman–Crippen MR) is 55.2 cm³/mol. The molecule has 1 aliphatic carbocycles. The van der Waals surface area contributed by atoms with E-state index in [1.165, 1.54) is 0 Å². The second-order valence-corrected chi connectivity index (χ2v) is 3.81. The average Bonchev–Trinajstić information content (AvgIpc) is 2.29. The molecule has 0 aromatic carbocycles. The minimum absolute atomic E-state index is 0.00653. The molecule has 76 valence electrons. The van der Waals surface area contributed by atoms with Crippen LogP contribution in [0.1, 0.15) is 35.3 Å². The number of hydrogen-bond donors (Lipinski definition) is 0. The minimum atomic E-state index is 0.00653. The maximum atomic E-state index is 12.0. The van der Waals surface area contributed by atoms with Crippen LogP contribution in [-0.2, 0) is 6.42 Å². The summed E-state index contributed by atoms with van der Waals surface area (Å²) < 4.78 is 0. The zero-order valence-electron chi connectivity index (χ0n) is 8.44. The standard InChI is InChI=1S/C12H12N2O/c13-7-1-3-10-6-5-9-4-2-8-14-11(9)12(10)15/h2,4,8,10H,1,3,5-6H2/t10-/m1/s1. The second-order valence-electron chi connectivity index (χ2n) is 3.81. The summed E-state index contributed by atoms with van der Waals surface area (Å²) in [4.78, 5) is 16.1. The number of nitriles is 1. The van der Waals surface area contributed by atoms with Crippen LogP contribution in [0.25, 0.3) is 0 Å². The molecule has 0 bridgehead atoms. The maximum Gasteiger partial charge on any atom is 0.184 e. The number of nitrogens with zero attached hydrogens (tertiary/aromatic N) is 2. The molecule has 0 aliphatic heterocycles. The highest BCUT2D eigenvalue weighted by Crippen LogP contribution is 2.26. The van der Waals surface area contributed by atoms with E-state index in [4.69, 9.17) is 5.26 Å². The normalized spacial score (nSPS) is 19.4. The zero-order valence-corrected chi connectivity index (χ0v) is 8.44. The Morgan fingerprint density at radius 3 is 3.27 bits per heavy atom. The van der Waals surface area contributed by atoms with E-state index in [1.54, 1.807) is 6.20 Å². The van der Waals surface area contributed by atoms with Gasteiger partial charge in [-0.25, -0.2) is 0 Å². The highest BCUT2D eigenvalue weighted by molar-refractivity contribution is 5.98. The molecule has 3 heteroatoms. The number of aryl methyl sites for hydroxylation is 1. The molecule has 0 radical (unpaired) electrons. The van der Waals surface area contributed by atoms with Gasteiger partial charge in [0.2, 0.25) is 0 Å². The van der Waals surface area contributed by atoms with Crippen molar-refractivity contribution in [3.8, 4) is 6.07 Å². The van der Waals surface area contributed by atoms with Crippen LogP contribution < -0.4 is 0 Å². The van der Waals surface area contributed by atoms with E-state index >= 15 is 0 Å². The van der Waals surface area contributed by atoms with Crippen LogP contribution in [0, 0.1) is 17.2 Å². The van der Waals surface area contributed by atoms with Crippen molar-refractivity contribution in [2.45, 2.75) is 25.7 Å². The molecule has 3 nitrogen and oxygen atoms in total. The molecule has 0 saturated carbocycles. The van der Waals surface area contributed by atoms with Gasteiger partial charge in [-0.3, -0.25) is 9.78 Å². The summed E-state index contributed by atoms with van der Waals surface area (Å²) >= 11 is 0. The number of fused-ring (bicyclic) bond motifs is 1. The molecule has 0 spiro atoms. The Balaban J connectivity index is 2.19. The lowest BCUT2D eigenvalue weighted by molar-refractivity contribution is 0.0890. The van der Waals surface area contributed by atoms with Crippen molar-refractivity contribution in [2.75, 3.05) is 0 Å². The van der Waals surface area contributed by atoms with Crippen LogP contribution in [0.15, 0.2) is 18.3 Å². The number of Topliss-reactive ketones (excluding diaryl/α,β-unsaturated/α-hetero) is 1. The predicted octanol–water partition coefficient (Wildman–Crippen LogP) is 2.13. The van der Waals surface area contributed by atoms with Crippen molar-refractivity contribution >= 4 is 5.78 Å². The van der Waals surface area contributed by atoms with Crippen LogP contribution in [-0.4, -0.2) is 10.8 Å². The number of carbonyl (C=O) groups is 1. The van der Waals surface area contributed by atoms with Gasteiger partial charge in [-0.1, -0.05) is 6.07 Å². The van der Waals surface area contributed by atoms with Gasteiger partial charge in [-0.15, -0.1) is 0 Å². The van der Waals surface area contributed by atoms with Gasteiger partial charge in [-0.05, 0) is 30.9 Å². The Bertz CT molecular complexity index is 420. The van der Waals surface area contributed by atoms with Gasteiger partial charge >= 0.3 is 0 Å². The van der Waals surface area contributed by atoms with E-state index in [1.807, 2.05) is 12.1 Å². The summed E-state index contributed by atoms with van der Waals surface area (Å²) in [5.41, 5.74) is 1.67.